The molecule has 2 unspecified atom stereocenters. The number of hydrogen-bond acceptors (Lipinski definition) is 4. The molecule has 4 heteroatoms. The number of nitrogens with zero attached hydrogens (tertiary/aromatic N) is 2. The van der Waals surface area contributed by atoms with E-state index in [1.165, 1.54) is 12.8 Å². The number of likely N-dealkylation sites (N-methyl/N-ethyl adjacent to an activating group) is 1. The average molecular weight is 243 g/mol. The Morgan fingerprint density at radius 1 is 1.41 bits per heavy atom. The molecule has 0 bridgehead atoms. The van der Waals surface area contributed by atoms with Gasteiger partial charge in [0.1, 0.15) is 0 Å². The van der Waals surface area contributed by atoms with Gasteiger partial charge in [-0.15, -0.1) is 0 Å². The molecule has 1 aliphatic heterocycles. The number of hydrogen-bond donors (Lipinski definition) is 2. The third-order valence-electron chi connectivity index (χ3n) is 3.44. The van der Waals surface area contributed by atoms with E-state index in [2.05, 4.69) is 43.1 Å². The molecule has 0 saturated carbocycles. The van der Waals surface area contributed by atoms with Crippen LogP contribution in [0, 0.1) is 0 Å². The Kier molecular flexibility index (Phi) is 6.41. The third-order valence-corrected chi connectivity index (χ3v) is 3.44. The highest BCUT2D eigenvalue weighted by molar-refractivity contribution is 4.79. The van der Waals surface area contributed by atoms with Gasteiger partial charge in [0.05, 0.1) is 6.10 Å². The molecule has 1 saturated heterocycles. The van der Waals surface area contributed by atoms with Crippen LogP contribution in [0.5, 0.6) is 0 Å². The lowest BCUT2D eigenvalue weighted by Gasteiger charge is -2.37. The minimum atomic E-state index is -0.252. The van der Waals surface area contributed by atoms with Gasteiger partial charge in [-0.25, -0.2) is 0 Å². The van der Waals surface area contributed by atoms with Crippen LogP contribution in [0.2, 0.25) is 0 Å². The smallest absolute Gasteiger partial charge is 0.0791 e. The van der Waals surface area contributed by atoms with Crippen LogP contribution >= 0.6 is 0 Å². The molecule has 1 heterocycles. The second-order valence-corrected chi connectivity index (χ2v) is 5.74. The molecule has 4 nitrogen and oxygen atoms in total. The second kappa shape index (κ2) is 7.31. The van der Waals surface area contributed by atoms with E-state index < -0.39 is 0 Å². The van der Waals surface area contributed by atoms with E-state index >= 15 is 0 Å². The van der Waals surface area contributed by atoms with Gasteiger partial charge in [0.25, 0.3) is 0 Å². The molecule has 102 valence electrons. The molecule has 0 spiro atoms. The maximum absolute atomic E-state index is 9.96. The summed E-state index contributed by atoms with van der Waals surface area (Å²) in [6.45, 7) is 7.92. The quantitative estimate of drug-likeness (QED) is 0.707. The van der Waals surface area contributed by atoms with Crippen molar-refractivity contribution in [3.05, 3.63) is 0 Å². The molecule has 17 heavy (non-hydrogen) atoms. The van der Waals surface area contributed by atoms with Crippen LogP contribution in [0.25, 0.3) is 0 Å². The summed E-state index contributed by atoms with van der Waals surface area (Å²) < 4.78 is 0. The Morgan fingerprint density at radius 3 is 2.71 bits per heavy atom. The lowest BCUT2D eigenvalue weighted by Crippen LogP contribution is -2.49. The number of nitrogens with one attached hydrogen (secondary N) is 1. The van der Waals surface area contributed by atoms with Gasteiger partial charge >= 0.3 is 0 Å². The molecule has 2 N–H and O–H groups in total. The van der Waals surface area contributed by atoms with Crippen LogP contribution in [0.15, 0.2) is 0 Å². The van der Waals surface area contributed by atoms with Crippen molar-refractivity contribution in [1.29, 1.82) is 0 Å². The van der Waals surface area contributed by atoms with Gasteiger partial charge in [-0.05, 0) is 33.5 Å². The fraction of sp³-hybridized carbons (Fsp3) is 1.00. The van der Waals surface area contributed by atoms with Gasteiger partial charge in [-0.3, -0.25) is 4.90 Å². The monoisotopic (exact) mass is 243 g/mol. The van der Waals surface area contributed by atoms with Gasteiger partial charge in [0.2, 0.25) is 0 Å². The fourth-order valence-electron chi connectivity index (χ4n) is 2.35. The van der Waals surface area contributed by atoms with Crippen LogP contribution in [0.1, 0.15) is 26.7 Å². The molecular formula is C13H29N3O. The Bertz CT molecular complexity index is 209. The van der Waals surface area contributed by atoms with Crippen molar-refractivity contribution in [2.75, 3.05) is 40.3 Å². The van der Waals surface area contributed by atoms with E-state index in [1.54, 1.807) is 0 Å². The summed E-state index contributed by atoms with van der Waals surface area (Å²) in [6.07, 6.45) is 2.27. The number of likely N-dealkylation sites (tertiary alicyclic amines) is 1. The highest BCUT2D eigenvalue weighted by Gasteiger charge is 2.22. The van der Waals surface area contributed by atoms with Crippen molar-refractivity contribution < 1.29 is 5.11 Å². The third kappa shape index (κ3) is 5.82. The lowest BCUT2D eigenvalue weighted by molar-refractivity contribution is 0.0712. The topological polar surface area (TPSA) is 38.7 Å². The Labute approximate surface area is 106 Å². The van der Waals surface area contributed by atoms with E-state index in [-0.39, 0.29) is 6.10 Å². The van der Waals surface area contributed by atoms with E-state index in [9.17, 15) is 5.11 Å². The minimum absolute atomic E-state index is 0.252. The molecule has 0 amide bonds. The summed E-state index contributed by atoms with van der Waals surface area (Å²) in [5.41, 5.74) is 0. The minimum Gasteiger partial charge on any atom is -0.390 e. The Morgan fingerprint density at radius 2 is 2.12 bits per heavy atom. The predicted molar refractivity (Wildman–Crippen MR) is 72.3 cm³/mol. The van der Waals surface area contributed by atoms with Gasteiger partial charge in [0, 0.05) is 31.7 Å². The number of rotatable bonds is 6. The molecule has 1 fully saturated rings. The molecule has 2 atom stereocenters. The zero-order valence-electron chi connectivity index (χ0n) is 11.8. The summed E-state index contributed by atoms with van der Waals surface area (Å²) in [5.74, 6) is 0. The van der Waals surface area contributed by atoms with Crippen LogP contribution in [-0.2, 0) is 0 Å². The van der Waals surface area contributed by atoms with Crippen molar-refractivity contribution in [2.24, 2.45) is 0 Å². The summed E-state index contributed by atoms with van der Waals surface area (Å²) >= 11 is 0. The van der Waals surface area contributed by atoms with Gasteiger partial charge in [0.15, 0.2) is 0 Å². The second-order valence-electron chi connectivity index (χ2n) is 5.74. The van der Waals surface area contributed by atoms with Crippen molar-refractivity contribution in [2.45, 2.75) is 44.9 Å². The predicted octanol–water partition coefficient (Wildman–Crippen LogP) is 0.371. The summed E-state index contributed by atoms with van der Waals surface area (Å²) in [5, 5.41) is 13.2. The SMILES string of the molecule is CC(C)NCC(O)CN1CCCC(N(C)C)C1. The van der Waals surface area contributed by atoms with Crippen molar-refractivity contribution in [1.82, 2.24) is 15.1 Å². The standard InChI is InChI=1S/C13H29N3O/c1-11(2)14-8-13(17)10-16-7-5-6-12(9-16)15(3)4/h11-14,17H,5-10H2,1-4H3. The van der Waals surface area contributed by atoms with Crippen molar-refractivity contribution in [3.8, 4) is 0 Å². The first-order chi connectivity index (χ1) is 7.99. The normalized spacial score (nSPS) is 24.5. The zero-order valence-corrected chi connectivity index (χ0v) is 11.8. The fourth-order valence-corrected chi connectivity index (χ4v) is 2.35. The molecule has 0 aromatic heterocycles. The van der Waals surface area contributed by atoms with E-state index in [1.807, 2.05) is 0 Å². The number of β-amino-alcohol motifs (C(OH)–C–C–N with tert-alkyl or cyclic N) is 1. The molecular weight excluding hydrogens is 214 g/mol. The molecule has 0 aliphatic carbocycles. The Balaban J connectivity index is 2.25. The van der Waals surface area contributed by atoms with Gasteiger partial charge in [-0.1, -0.05) is 13.8 Å². The van der Waals surface area contributed by atoms with E-state index in [0.29, 0.717) is 18.6 Å². The summed E-state index contributed by atoms with van der Waals surface area (Å²) in [7, 11) is 4.29. The van der Waals surface area contributed by atoms with Gasteiger partial charge < -0.3 is 15.3 Å². The highest BCUT2D eigenvalue weighted by Crippen LogP contribution is 2.13. The molecule has 0 aromatic carbocycles. The molecule has 1 rings (SSSR count). The maximum atomic E-state index is 9.96. The van der Waals surface area contributed by atoms with Crippen molar-refractivity contribution in [3.63, 3.8) is 0 Å². The average Bonchev–Trinajstić information content (AvgIpc) is 2.26. The van der Waals surface area contributed by atoms with E-state index in [4.69, 9.17) is 0 Å². The lowest BCUT2D eigenvalue weighted by atomic mass is 10.0. The molecule has 0 aromatic rings. The molecule has 0 radical (unpaired) electrons. The molecule has 1 aliphatic rings. The Hall–Kier alpha value is -0.160. The van der Waals surface area contributed by atoms with E-state index in [0.717, 1.165) is 19.6 Å². The summed E-state index contributed by atoms with van der Waals surface area (Å²) in [6, 6.07) is 1.09. The first-order valence-electron chi connectivity index (χ1n) is 6.79. The maximum Gasteiger partial charge on any atom is 0.0791 e. The van der Waals surface area contributed by atoms with Crippen LogP contribution in [-0.4, -0.2) is 73.4 Å². The summed E-state index contributed by atoms with van der Waals surface area (Å²) in [4.78, 5) is 4.69. The largest absolute Gasteiger partial charge is 0.390 e. The van der Waals surface area contributed by atoms with Crippen LogP contribution < -0.4 is 5.32 Å². The highest BCUT2D eigenvalue weighted by atomic mass is 16.3. The van der Waals surface area contributed by atoms with Gasteiger partial charge in [-0.2, -0.15) is 0 Å². The first kappa shape index (κ1) is 14.9. The van der Waals surface area contributed by atoms with Crippen molar-refractivity contribution >= 4 is 0 Å². The van der Waals surface area contributed by atoms with Crippen LogP contribution in [0.3, 0.4) is 0 Å². The number of aliphatic hydroxyl groups excluding tert-OH is 1. The zero-order chi connectivity index (χ0) is 12.8. The number of aliphatic hydroxyl groups is 1. The number of piperidine rings is 1. The van der Waals surface area contributed by atoms with Crippen LogP contribution in [0.4, 0.5) is 0 Å². The first-order valence-corrected chi connectivity index (χ1v) is 6.79.